The summed E-state index contributed by atoms with van der Waals surface area (Å²) in [4.78, 5) is 16.4. The minimum atomic E-state index is -0.129. The normalized spacial score (nSPS) is 17.3. The molecule has 0 unspecified atom stereocenters. The number of furan rings is 1. The summed E-state index contributed by atoms with van der Waals surface area (Å²) in [6, 6.07) is 3.69. The van der Waals surface area contributed by atoms with Crippen LogP contribution in [0.4, 0.5) is 0 Å². The van der Waals surface area contributed by atoms with Crippen molar-refractivity contribution in [1.29, 1.82) is 0 Å². The molecule has 1 aliphatic rings. The first kappa shape index (κ1) is 16.0. The van der Waals surface area contributed by atoms with Crippen LogP contribution in [0.15, 0.2) is 16.5 Å². The molecule has 1 N–H and O–H groups in total. The Morgan fingerprint density at radius 2 is 2.10 bits per heavy atom. The molecule has 1 saturated heterocycles. The van der Waals surface area contributed by atoms with E-state index in [0.29, 0.717) is 12.3 Å². The lowest BCUT2D eigenvalue weighted by Gasteiger charge is -2.29. The summed E-state index contributed by atoms with van der Waals surface area (Å²) in [5.41, 5.74) is 0. The molecule has 0 aliphatic carbocycles. The number of nitrogens with one attached hydrogen (secondary N) is 1. The van der Waals surface area contributed by atoms with Crippen LogP contribution in [0, 0.1) is 5.92 Å². The van der Waals surface area contributed by atoms with Gasteiger partial charge in [0.05, 0.1) is 6.54 Å². The molecule has 118 valence electrons. The van der Waals surface area contributed by atoms with E-state index < -0.39 is 0 Å². The lowest BCUT2D eigenvalue weighted by atomic mass is 9.99. The first-order chi connectivity index (χ1) is 10.0. The SMILES string of the molecule is CC1CCN(Cc2ccc(C(=O)NCCN(C)C)o2)CC1. The Bertz CT molecular complexity index is 448. The number of rotatable bonds is 6. The standard InChI is InChI=1S/C16H27N3O2/c1-13-6-9-19(10-7-13)12-14-4-5-15(21-14)16(20)17-8-11-18(2)3/h4-5,13H,6-12H2,1-3H3,(H,17,20). The summed E-state index contributed by atoms with van der Waals surface area (Å²) in [6.07, 6.45) is 2.50. The van der Waals surface area contributed by atoms with Crippen molar-refractivity contribution < 1.29 is 9.21 Å². The Kier molecular flexibility index (Phi) is 5.82. The van der Waals surface area contributed by atoms with Gasteiger partial charge in [0.1, 0.15) is 5.76 Å². The van der Waals surface area contributed by atoms with Gasteiger partial charge in [0.2, 0.25) is 0 Å². The molecule has 0 bridgehead atoms. The van der Waals surface area contributed by atoms with Crippen LogP contribution in [0.5, 0.6) is 0 Å². The molecule has 2 rings (SSSR count). The van der Waals surface area contributed by atoms with Crippen LogP contribution in [0.25, 0.3) is 0 Å². The second-order valence-electron chi connectivity index (χ2n) is 6.28. The fourth-order valence-electron chi connectivity index (χ4n) is 2.51. The zero-order valence-electron chi connectivity index (χ0n) is 13.4. The molecular weight excluding hydrogens is 266 g/mol. The number of carbonyl (C=O) groups is 1. The van der Waals surface area contributed by atoms with Gasteiger partial charge < -0.3 is 14.6 Å². The minimum Gasteiger partial charge on any atom is -0.455 e. The van der Waals surface area contributed by atoms with Crippen LogP contribution >= 0.6 is 0 Å². The van der Waals surface area contributed by atoms with Gasteiger partial charge in [-0.15, -0.1) is 0 Å². The highest BCUT2D eigenvalue weighted by Crippen LogP contribution is 2.19. The van der Waals surface area contributed by atoms with Crippen molar-refractivity contribution in [2.24, 2.45) is 5.92 Å². The first-order valence-corrected chi connectivity index (χ1v) is 7.78. The number of hydrogen-bond donors (Lipinski definition) is 1. The van der Waals surface area contributed by atoms with E-state index in [9.17, 15) is 4.79 Å². The maximum absolute atomic E-state index is 11.9. The Labute approximate surface area is 127 Å². The molecule has 21 heavy (non-hydrogen) atoms. The van der Waals surface area contributed by atoms with Gasteiger partial charge in [-0.2, -0.15) is 0 Å². The van der Waals surface area contributed by atoms with E-state index >= 15 is 0 Å². The van der Waals surface area contributed by atoms with Crippen molar-refractivity contribution in [3.05, 3.63) is 23.7 Å². The quantitative estimate of drug-likeness (QED) is 0.869. The molecule has 0 saturated carbocycles. The number of hydrogen-bond acceptors (Lipinski definition) is 4. The summed E-state index contributed by atoms with van der Waals surface area (Å²) in [6.45, 7) is 6.80. The molecule has 1 aliphatic heterocycles. The summed E-state index contributed by atoms with van der Waals surface area (Å²) in [5.74, 6) is 1.99. The van der Waals surface area contributed by atoms with Crippen molar-refractivity contribution in [1.82, 2.24) is 15.1 Å². The molecule has 2 heterocycles. The van der Waals surface area contributed by atoms with Crippen molar-refractivity contribution in [3.63, 3.8) is 0 Å². The Hall–Kier alpha value is -1.33. The zero-order valence-corrected chi connectivity index (χ0v) is 13.4. The average Bonchev–Trinajstić information content (AvgIpc) is 2.89. The molecule has 1 aromatic heterocycles. The topological polar surface area (TPSA) is 48.7 Å². The highest BCUT2D eigenvalue weighted by Gasteiger charge is 2.18. The second kappa shape index (κ2) is 7.61. The smallest absolute Gasteiger partial charge is 0.287 e. The van der Waals surface area contributed by atoms with Crippen LogP contribution in [0.3, 0.4) is 0 Å². The highest BCUT2D eigenvalue weighted by molar-refractivity contribution is 5.91. The summed E-state index contributed by atoms with van der Waals surface area (Å²) >= 11 is 0. The minimum absolute atomic E-state index is 0.129. The number of amides is 1. The molecule has 0 aromatic carbocycles. The van der Waals surface area contributed by atoms with E-state index in [-0.39, 0.29) is 5.91 Å². The molecule has 5 nitrogen and oxygen atoms in total. The van der Waals surface area contributed by atoms with Crippen LogP contribution < -0.4 is 5.32 Å². The van der Waals surface area contributed by atoms with Crippen LogP contribution in [0.1, 0.15) is 36.1 Å². The van der Waals surface area contributed by atoms with E-state index in [4.69, 9.17) is 4.42 Å². The average molecular weight is 293 g/mol. The number of likely N-dealkylation sites (N-methyl/N-ethyl adjacent to an activating group) is 1. The number of piperidine rings is 1. The molecule has 5 heteroatoms. The molecule has 1 fully saturated rings. The van der Waals surface area contributed by atoms with Gasteiger partial charge in [0.25, 0.3) is 5.91 Å². The lowest BCUT2D eigenvalue weighted by Crippen LogP contribution is -2.32. The van der Waals surface area contributed by atoms with Crippen LogP contribution in [-0.2, 0) is 6.54 Å². The summed E-state index contributed by atoms with van der Waals surface area (Å²) in [5, 5.41) is 2.87. The van der Waals surface area contributed by atoms with Crippen molar-refractivity contribution in [2.45, 2.75) is 26.3 Å². The molecule has 0 atom stereocenters. The van der Waals surface area contributed by atoms with Gasteiger partial charge >= 0.3 is 0 Å². The number of likely N-dealkylation sites (tertiary alicyclic amines) is 1. The van der Waals surface area contributed by atoms with E-state index in [1.165, 1.54) is 12.8 Å². The van der Waals surface area contributed by atoms with Crippen LogP contribution in [-0.4, -0.2) is 56.0 Å². The van der Waals surface area contributed by atoms with Gasteiger partial charge in [0, 0.05) is 13.1 Å². The van der Waals surface area contributed by atoms with Gasteiger partial charge in [-0.05, 0) is 58.1 Å². The second-order valence-corrected chi connectivity index (χ2v) is 6.28. The van der Waals surface area contributed by atoms with Gasteiger partial charge in [-0.1, -0.05) is 6.92 Å². The third-order valence-electron chi connectivity index (χ3n) is 3.99. The third kappa shape index (κ3) is 5.17. The zero-order chi connectivity index (χ0) is 15.2. The maximum Gasteiger partial charge on any atom is 0.287 e. The molecule has 1 amide bonds. The number of carbonyl (C=O) groups excluding carboxylic acids is 1. The van der Waals surface area contributed by atoms with E-state index in [0.717, 1.165) is 37.9 Å². The van der Waals surface area contributed by atoms with Crippen molar-refractivity contribution >= 4 is 5.91 Å². The van der Waals surface area contributed by atoms with Gasteiger partial charge in [0.15, 0.2) is 5.76 Å². The molecule has 0 radical (unpaired) electrons. The fourth-order valence-corrected chi connectivity index (χ4v) is 2.51. The van der Waals surface area contributed by atoms with Gasteiger partial charge in [-0.3, -0.25) is 9.69 Å². The first-order valence-electron chi connectivity index (χ1n) is 7.78. The van der Waals surface area contributed by atoms with Crippen molar-refractivity contribution in [3.8, 4) is 0 Å². The fraction of sp³-hybridized carbons (Fsp3) is 0.688. The molecular formula is C16H27N3O2. The maximum atomic E-state index is 11.9. The van der Waals surface area contributed by atoms with Crippen molar-refractivity contribution in [2.75, 3.05) is 40.3 Å². The highest BCUT2D eigenvalue weighted by atomic mass is 16.4. The molecule has 1 aromatic rings. The monoisotopic (exact) mass is 293 g/mol. The van der Waals surface area contributed by atoms with Crippen LogP contribution in [0.2, 0.25) is 0 Å². The largest absolute Gasteiger partial charge is 0.455 e. The van der Waals surface area contributed by atoms with E-state index in [1.54, 1.807) is 6.07 Å². The third-order valence-corrected chi connectivity index (χ3v) is 3.99. The Morgan fingerprint density at radius 3 is 2.76 bits per heavy atom. The van der Waals surface area contributed by atoms with Gasteiger partial charge in [-0.25, -0.2) is 0 Å². The number of nitrogens with zero attached hydrogens (tertiary/aromatic N) is 2. The Balaban J connectivity index is 1.79. The predicted octanol–water partition coefficient (Wildman–Crippen LogP) is 1.80. The predicted molar refractivity (Wildman–Crippen MR) is 83.3 cm³/mol. The van der Waals surface area contributed by atoms with E-state index in [2.05, 4.69) is 17.1 Å². The van der Waals surface area contributed by atoms with E-state index in [1.807, 2.05) is 25.1 Å². The lowest BCUT2D eigenvalue weighted by molar-refractivity contribution is 0.0918. The summed E-state index contributed by atoms with van der Waals surface area (Å²) < 4.78 is 5.67. The Morgan fingerprint density at radius 1 is 1.38 bits per heavy atom. The summed E-state index contributed by atoms with van der Waals surface area (Å²) in [7, 11) is 3.97. The molecule has 0 spiro atoms.